The molecule has 0 bridgehead atoms. The lowest BCUT2D eigenvalue weighted by Crippen LogP contribution is -2.32. The molecule has 1 aromatic heterocycles. The van der Waals surface area contributed by atoms with E-state index in [1.165, 1.54) is 0 Å². The molecule has 0 aromatic carbocycles. The monoisotopic (exact) mass is 226 g/mol. The number of hydrogen-bond donors (Lipinski definition) is 1. The van der Waals surface area contributed by atoms with E-state index in [4.69, 9.17) is 16.3 Å². The Bertz CT molecular complexity index is 332. The highest BCUT2D eigenvalue weighted by Gasteiger charge is 2.19. The summed E-state index contributed by atoms with van der Waals surface area (Å²) in [5.74, 6) is 0. The second-order valence-electron chi connectivity index (χ2n) is 3.89. The van der Waals surface area contributed by atoms with Crippen LogP contribution in [0.1, 0.15) is 19.8 Å². The van der Waals surface area contributed by atoms with E-state index in [9.17, 15) is 0 Å². The van der Waals surface area contributed by atoms with Gasteiger partial charge in [-0.15, -0.1) is 0 Å². The lowest BCUT2D eigenvalue weighted by Gasteiger charge is -2.28. The SMILES string of the molecule is CC1CC(Nc2cccnc2Cl)CCO1. The van der Waals surface area contributed by atoms with Gasteiger partial charge in [-0.3, -0.25) is 0 Å². The fraction of sp³-hybridized carbons (Fsp3) is 0.545. The summed E-state index contributed by atoms with van der Waals surface area (Å²) < 4.78 is 5.49. The van der Waals surface area contributed by atoms with Gasteiger partial charge < -0.3 is 10.1 Å². The maximum absolute atomic E-state index is 5.97. The summed E-state index contributed by atoms with van der Waals surface area (Å²) in [7, 11) is 0. The first-order chi connectivity index (χ1) is 7.25. The van der Waals surface area contributed by atoms with Crippen molar-refractivity contribution in [2.24, 2.45) is 0 Å². The molecule has 0 amide bonds. The number of hydrogen-bond acceptors (Lipinski definition) is 3. The molecule has 1 N–H and O–H groups in total. The molecule has 4 heteroatoms. The highest BCUT2D eigenvalue weighted by molar-refractivity contribution is 6.31. The first-order valence-corrected chi connectivity index (χ1v) is 5.62. The smallest absolute Gasteiger partial charge is 0.152 e. The molecular weight excluding hydrogens is 212 g/mol. The van der Waals surface area contributed by atoms with Gasteiger partial charge in [-0.1, -0.05) is 11.6 Å². The summed E-state index contributed by atoms with van der Waals surface area (Å²) in [5, 5.41) is 3.94. The molecule has 1 saturated heterocycles. The minimum absolute atomic E-state index is 0.326. The van der Waals surface area contributed by atoms with Crippen molar-refractivity contribution in [2.75, 3.05) is 11.9 Å². The molecule has 2 heterocycles. The maximum Gasteiger partial charge on any atom is 0.152 e. The quantitative estimate of drug-likeness (QED) is 0.788. The first kappa shape index (κ1) is 10.7. The normalized spacial score (nSPS) is 26.3. The van der Waals surface area contributed by atoms with Crippen LogP contribution in [-0.2, 0) is 4.74 Å². The van der Waals surface area contributed by atoms with Crippen molar-refractivity contribution < 1.29 is 4.74 Å². The summed E-state index contributed by atoms with van der Waals surface area (Å²) in [5.41, 5.74) is 0.915. The highest BCUT2D eigenvalue weighted by atomic mass is 35.5. The van der Waals surface area contributed by atoms with Crippen LogP contribution in [0, 0.1) is 0 Å². The Hall–Kier alpha value is -0.800. The van der Waals surface area contributed by atoms with Gasteiger partial charge in [-0.25, -0.2) is 4.98 Å². The molecule has 1 aliphatic heterocycles. The zero-order valence-corrected chi connectivity index (χ0v) is 9.50. The van der Waals surface area contributed by atoms with E-state index in [0.29, 0.717) is 17.3 Å². The van der Waals surface area contributed by atoms with Crippen LogP contribution in [0.15, 0.2) is 18.3 Å². The largest absolute Gasteiger partial charge is 0.380 e. The van der Waals surface area contributed by atoms with Crippen LogP contribution in [0.4, 0.5) is 5.69 Å². The number of nitrogens with one attached hydrogen (secondary N) is 1. The average Bonchev–Trinajstić information content (AvgIpc) is 2.22. The van der Waals surface area contributed by atoms with E-state index >= 15 is 0 Å². The van der Waals surface area contributed by atoms with Crippen molar-refractivity contribution in [2.45, 2.75) is 31.9 Å². The number of nitrogens with zero attached hydrogens (tertiary/aromatic N) is 1. The zero-order chi connectivity index (χ0) is 10.7. The van der Waals surface area contributed by atoms with Gasteiger partial charge in [0.1, 0.15) is 0 Å². The second kappa shape index (κ2) is 4.81. The third-order valence-corrected chi connectivity index (χ3v) is 2.91. The molecule has 2 rings (SSSR count). The number of rotatable bonds is 2. The molecule has 0 radical (unpaired) electrons. The number of ether oxygens (including phenoxy) is 1. The fourth-order valence-electron chi connectivity index (χ4n) is 1.84. The van der Waals surface area contributed by atoms with E-state index in [0.717, 1.165) is 25.1 Å². The third-order valence-electron chi connectivity index (χ3n) is 2.60. The second-order valence-corrected chi connectivity index (χ2v) is 4.25. The Labute approximate surface area is 94.8 Å². The predicted molar refractivity (Wildman–Crippen MR) is 61.3 cm³/mol. The standard InChI is InChI=1S/C11H15ClN2O/c1-8-7-9(4-6-15-8)14-10-3-2-5-13-11(10)12/h2-3,5,8-9,14H,4,6-7H2,1H3. The van der Waals surface area contributed by atoms with E-state index in [1.54, 1.807) is 6.20 Å². The maximum atomic E-state index is 5.97. The molecule has 0 spiro atoms. The fourth-order valence-corrected chi connectivity index (χ4v) is 2.02. The van der Waals surface area contributed by atoms with Crippen molar-refractivity contribution in [1.82, 2.24) is 4.98 Å². The molecule has 2 unspecified atom stereocenters. The molecule has 3 nitrogen and oxygen atoms in total. The van der Waals surface area contributed by atoms with Crippen LogP contribution in [-0.4, -0.2) is 23.7 Å². The van der Waals surface area contributed by atoms with Gasteiger partial charge in [0, 0.05) is 18.8 Å². The predicted octanol–water partition coefficient (Wildman–Crippen LogP) is 2.71. The van der Waals surface area contributed by atoms with Crippen molar-refractivity contribution in [3.63, 3.8) is 0 Å². The molecule has 1 fully saturated rings. The number of aromatic nitrogens is 1. The Morgan fingerprint density at radius 3 is 3.20 bits per heavy atom. The minimum atomic E-state index is 0.326. The minimum Gasteiger partial charge on any atom is -0.380 e. The summed E-state index contributed by atoms with van der Waals surface area (Å²) in [6.45, 7) is 2.91. The van der Waals surface area contributed by atoms with Gasteiger partial charge in [0.25, 0.3) is 0 Å². The molecule has 1 aliphatic rings. The van der Waals surface area contributed by atoms with Gasteiger partial charge >= 0.3 is 0 Å². The number of anilines is 1. The zero-order valence-electron chi connectivity index (χ0n) is 8.74. The van der Waals surface area contributed by atoms with Crippen LogP contribution in [0.2, 0.25) is 5.15 Å². The van der Waals surface area contributed by atoms with E-state index in [2.05, 4.69) is 17.2 Å². The van der Waals surface area contributed by atoms with Crippen LogP contribution in [0.3, 0.4) is 0 Å². The van der Waals surface area contributed by atoms with Crippen LogP contribution in [0.25, 0.3) is 0 Å². The Morgan fingerprint density at radius 2 is 2.47 bits per heavy atom. The van der Waals surface area contributed by atoms with Gasteiger partial charge in [0.15, 0.2) is 5.15 Å². The molecule has 15 heavy (non-hydrogen) atoms. The molecule has 2 atom stereocenters. The molecule has 0 aliphatic carbocycles. The van der Waals surface area contributed by atoms with Crippen molar-refractivity contribution in [3.8, 4) is 0 Å². The van der Waals surface area contributed by atoms with Gasteiger partial charge in [0.05, 0.1) is 11.8 Å². The van der Waals surface area contributed by atoms with Crippen molar-refractivity contribution in [3.05, 3.63) is 23.5 Å². The summed E-state index contributed by atoms with van der Waals surface area (Å²) in [6.07, 6.45) is 4.06. The Balaban J connectivity index is 1.99. The van der Waals surface area contributed by atoms with Gasteiger partial charge in [-0.05, 0) is 31.9 Å². The topological polar surface area (TPSA) is 34.2 Å². The van der Waals surface area contributed by atoms with E-state index < -0.39 is 0 Å². The van der Waals surface area contributed by atoms with Crippen molar-refractivity contribution >= 4 is 17.3 Å². The number of halogens is 1. The van der Waals surface area contributed by atoms with Crippen LogP contribution in [0.5, 0.6) is 0 Å². The van der Waals surface area contributed by atoms with Crippen molar-refractivity contribution in [1.29, 1.82) is 0 Å². The summed E-state index contributed by atoms with van der Waals surface area (Å²) >= 11 is 5.97. The summed E-state index contributed by atoms with van der Waals surface area (Å²) in [6, 6.07) is 4.28. The van der Waals surface area contributed by atoms with Crippen LogP contribution >= 0.6 is 11.6 Å². The van der Waals surface area contributed by atoms with E-state index in [1.807, 2.05) is 12.1 Å². The highest BCUT2D eigenvalue weighted by Crippen LogP contribution is 2.22. The molecule has 0 saturated carbocycles. The molecule has 82 valence electrons. The average molecular weight is 227 g/mol. The van der Waals surface area contributed by atoms with Crippen LogP contribution < -0.4 is 5.32 Å². The molecule has 1 aromatic rings. The Kier molecular flexibility index (Phi) is 3.44. The van der Waals surface area contributed by atoms with Gasteiger partial charge in [0.2, 0.25) is 0 Å². The lowest BCUT2D eigenvalue weighted by molar-refractivity contribution is 0.0232. The van der Waals surface area contributed by atoms with E-state index in [-0.39, 0.29) is 0 Å². The number of pyridine rings is 1. The lowest BCUT2D eigenvalue weighted by atomic mass is 10.0. The first-order valence-electron chi connectivity index (χ1n) is 5.24. The Morgan fingerprint density at radius 1 is 1.60 bits per heavy atom. The third kappa shape index (κ3) is 2.83. The summed E-state index contributed by atoms with van der Waals surface area (Å²) in [4.78, 5) is 4.04. The van der Waals surface area contributed by atoms with Gasteiger partial charge in [-0.2, -0.15) is 0 Å². The molecular formula is C11H15ClN2O.